The van der Waals surface area contributed by atoms with Gasteiger partial charge in [0.15, 0.2) is 0 Å². The van der Waals surface area contributed by atoms with Crippen LogP contribution in [0.2, 0.25) is 0 Å². The first-order chi connectivity index (χ1) is 10.2. The van der Waals surface area contributed by atoms with Gasteiger partial charge in [-0.25, -0.2) is 4.39 Å². The van der Waals surface area contributed by atoms with Crippen LogP contribution in [0, 0.1) is 17.7 Å². The molecule has 0 saturated carbocycles. The molecule has 21 heavy (non-hydrogen) atoms. The summed E-state index contributed by atoms with van der Waals surface area (Å²) in [5.74, 6) is 4.33. The van der Waals surface area contributed by atoms with Crippen molar-refractivity contribution in [2.75, 3.05) is 32.9 Å². The van der Waals surface area contributed by atoms with Gasteiger partial charge in [-0.05, 0) is 18.2 Å². The highest BCUT2D eigenvalue weighted by molar-refractivity contribution is 5.94. The van der Waals surface area contributed by atoms with Gasteiger partial charge in [0.25, 0.3) is 5.91 Å². The zero-order valence-electron chi connectivity index (χ0n) is 11.5. The lowest BCUT2D eigenvalue weighted by atomic mass is 10.1. The predicted octanol–water partition coefficient (Wildman–Crippen LogP) is 0.281. The van der Waals surface area contributed by atoms with Gasteiger partial charge in [0.2, 0.25) is 0 Å². The maximum atomic E-state index is 13.7. The van der Waals surface area contributed by atoms with Crippen LogP contribution in [-0.2, 0) is 9.47 Å². The number of benzene rings is 1. The molecule has 0 spiro atoms. The lowest BCUT2D eigenvalue weighted by Gasteiger charge is -2.23. The Morgan fingerprint density at radius 2 is 2.33 bits per heavy atom. The normalized spacial score (nSPS) is 17.7. The monoisotopic (exact) mass is 292 g/mol. The molecular weight excluding hydrogens is 275 g/mol. The van der Waals surface area contributed by atoms with Gasteiger partial charge in [-0.3, -0.25) is 4.79 Å². The highest BCUT2D eigenvalue weighted by Gasteiger charge is 2.17. The third-order valence-electron chi connectivity index (χ3n) is 2.92. The second-order valence-corrected chi connectivity index (χ2v) is 4.48. The Kier molecular flexibility index (Phi) is 5.69. The molecule has 1 atom stereocenters. The van der Waals surface area contributed by atoms with E-state index in [2.05, 4.69) is 17.2 Å². The third kappa shape index (κ3) is 4.53. The fraction of sp³-hybridized carbons (Fsp3) is 0.400. The van der Waals surface area contributed by atoms with Gasteiger partial charge in [0.05, 0.1) is 38.0 Å². The Labute approximate surface area is 122 Å². The molecule has 6 heteroatoms. The van der Waals surface area contributed by atoms with Crippen LogP contribution in [0.15, 0.2) is 18.2 Å². The lowest BCUT2D eigenvalue weighted by molar-refractivity contribution is -0.0855. The van der Waals surface area contributed by atoms with Crippen molar-refractivity contribution in [3.8, 4) is 11.8 Å². The summed E-state index contributed by atoms with van der Waals surface area (Å²) in [4.78, 5) is 12.0. The number of halogens is 1. The van der Waals surface area contributed by atoms with Crippen LogP contribution in [-0.4, -0.2) is 44.9 Å². The molecule has 5 nitrogen and oxygen atoms in total. The highest BCUT2D eigenvalue weighted by atomic mass is 19.1. The molecule has 1 fully saturated rings. The average molecular weight is 292 g/mol. The van der Waals surface area contributed by atoms with Gasteiger partial charge in [0, 0.05) is 12.1 Å². The van der Waals surface area contributed by atoms with E-state index in [0.717, 1.165) is 0 Å². The van der Waals surface area contributed by atoms with Crippen LogP contribution in [0.4, 0.5) is 4.39 Å². The fourth-order valence-corrected chi connectivity index (χ4v) is 1.89. The number of hydrogen-bond acceptors (Lipinski definition) is 4. The van der Waals surface area contributed by atoms with Crippen LogP contribution in [0.1, 0.15) is 15.9 Å². The molecule has 1 aliphatic heterocycles. The van der Waals surface area contributed by atoms with E-state index in [9.17, 15) is 9.18 Å². The van der Waals surface area contributed by atoms with Gasteiger partial charge in [-0.2, -0.15) is 0 Å². The molecule has 112 valence electrons. The quantitative estimate of drug-likeness (QED) is 0.785. The zero-order valence-corrected chi connectivity index (χ0v) is 11.5. The van der Waals surface area contributed by atoms with Crippen LogP contribution in [0.3, 0.4) is 0 Å². The molecule has 1 aromatic rings. The first kappa shape index (κ1) is 15.4. The predicted molar refractivity (Wildman–Crippen MR) is 75.2 cm³/mol. The van der Waals surface area contributed by atoms with Crippen LogP contribution >= 0.6 is 0 Å². The Morgan fingerprint density at radius 3 is 3.05 bits per heavy atom. The number of carbonyl (C=O) groups is 1. The molecule has 1 aromatic carbocycles. The molecule has 1 saturated heterocycles. The lowest BCUT2D eigenvalue weighted by Crippen LogP contribution is -2.39. The van der Waals surface area contributed by atoms with Gasteiger partial charge in [-0.1, -0.05) is 11.8 Å². The Balaban J connectivity index is 2.00. The van der Waals surface area contributed by atoms with Crippen molar-refractivity contribution in [3.63, 3.8) is 0 Å². The first-order valence-corrected chi connectivity index (χ1v) is 6.66. The number of rotatable bonds is 3. The standard InChI is InChI=1S/C15H17FN2O3/c16-14-4-3-11(2-1-5-17)8-13(14)15(19)18-9-12-10-20-6-7-21-12/h3-4,8,12H,5-7,9-10,17H2,(H,18,19). The number of nitrogens with one attached hydrogen (secondary N) is 1. The van der Waals surface area contributed by atoms with Crippen LogP contribution in [0.5, 0.6) is 0 Å². The minimum atomic E-state index is -0.591. The third-order valence-corrected chi connectivity index (χ3v) is 2.92. The topological polar surface area (TPSA) is 73.6 Å². The molecule has 0 aliphatic carbocycles. The van der Waals surface area contributed by atoms with E-state index in [4.69, 9.17) is 15.2 Å². The van der Waals surface area contributed by atoms with Crippen molar-refractivity contribution >= 4 is 5.91 Å². The van der Waals surface area contributed by atoms with Crippen LogP contribution in [0.25, 0.3) is 0 Å². The van der Waals surface area contributed by atoms with E-state index in [0.29, 0.717) is 25.4 Å². The van der Waals surface area contributed by atoms with E-state index >= 15 is 0 Å². The van der Waals surface area contributed by atoms with Crippen molar-refractivity contribution in [2.45, 2.75) is 6.10 Å². The molecule has 1 unspecified atom stereocenters. The smallest absolute Gasteiger partial charge is 0.254 e. The molecule has 1 aliphatic rings. The number of hydrogen-bond donors (Lipinski definition) is 2. The number of nitrogens with two attached hydrogens (primary N) is 1. The summed E-state index contributed by atoms with van der Waals surface area (Å²) in [7, 11) is 0. The molecular formula is C15H17FN2O3. The molecule has 0 bridgehead atoms. The fourth-order valence-electron chi connectivity index (χ4n) is 1.89. The first-order valence-electron chi connectivity index (χ1n) is 6.66. The molecule has 3 N–H and O–H groups in total. The van der Waals surface area contributed by atoms with Gasteiger partial charge >= 0.3 is 0 Å². The maximum absolute atomic E-state index is 13.7. The summed E-state index contributed by atoms with van der Waals surface area (Å²) in [5, 5.41) is 2.64. The second kappa shape index (κ2) is 7.74. The molecule has 1 heterocycles. The van der Waals surface area contributed by atoms with Crippen molar-refractivity contribution in [1.82, 2.24) is 5.32 Å². The van der Waals surface area contributed by atoms with Crippen molar-refractivity contribution in [3.05, 3.63) is 35.1 Å². The number of ether oxygens (including phenoxy) is 2. The summed E-state index contributed by atoms with van der Waals surface area (Å²) in [5.41, 5.74) is 5.78. The average Bonchev–Trinajstić information content (AvgIpc) is 2.53. The van der Waals surface area contributed by atoms with Gasteiger partial charge < -0.3 is 20.5 Å². The summed E-state index contributed by atoms with van der Waals surface area (Å²) >= 11 is 0. The SMILES string of the molecule is NCC#Cc1ccc(F)c(C(=O)NCC2COCCO2)c1. The summed E-state index contributed by atoms with van der Waals surface area (Å²) in [6.45, 7) is 1.96. The van der Waals surface area contributed by atoms with Crippen molar-refractivity contribution in [2.24, 2.45) is 5.73 Å². The maximum Gasteiger partial charge on any atom is 0.254 e. The Bertz CT molecular complexity index is 560. The van der Waals surface area contributed by atoms with E-state index in [1.54, 1.807) is 0 Å². The van der Waals surface area contributed by atoms with Crippen molar-refractivity contribution in [1.29, 1.82) is 0 Å². The van der Waals surface area contributed by atoms with Gasteiger partial charge in [-0.15, -0.1) is 0 Å². The summed E-state index contributed by atoms with van der Waals surface area (Å²) in [6, 6.07) is 4.13. The molecule has 0 radical (unpaired) electrons. The zero-order chi connectivity index (χ0) is 15.1. The van der Waals surface area contributed by atoms with E-state index in [-0.39, 0.29) is 24.8 Å². The largest absolute Gasteiger partial charge is 0.376 e. The van der Waals surface area contributed by atoms with E-state index in [1.165, 1.54) is 18.2 Å². The van der Waals surface area contributed by atoms with Gasteiger partial charge in [0.1, 0.15) is 5.82 Å². The van der Waals surface area contributed by atoms with E-state index < -0.39 is 11.7 Å². The number of amides is 1. The molecule has 1 amide bonds. The minimum Gasteiger partial charge on any atom is -0.376 e. The number of carbonyl (C=O) groups excluding carboxylic acids is 1. The van der Waals surface area contributed by atoms with E-state index in [1.807, 2.05) is 0 Å². The minimum absolute atomic E-state index is 0.0458. The summed E-state index contributed by atoms with van der Waals surface area (Å²) in [6.07, 6.45) is -0.203. The second-order valence-electron chi connectivity index (χ2n) is 4.48. The Morgan fingerprint density at radius 1 is 1.48 bits per heavy atom. The summed E-state index contributed by atoms with van der Waals surface area (Å²) < 4.78 is 24.3. The molecule has 0 aromatic heterocycles. The molecule has 2 rings (SSSR count). The highest BCUT2D eigenvalue weighted by Crippen LogP contribution is 2.10. The van der Waals surface area contributed by atoms with Crippen molar-refractivity contribution < 1.29 is 18.7 Å². The van der Waals surface area contributed by atoms with Crippen LogP contribution < -0.4 is 11.1 Å². The Hall–Kier alpha value is -1.94.